The lowest BCUT2D eigenvalue weighted by Gasteiger charge is -2.08. The van der Waals surface area contributed by atoms with E-state index in [9.17, 15) is 5.11 Å². The molecule has 2 heteroatoms. The second kappa shape index (κ2) is 6.92. The highest BCUT2D eigenvalue weighted by Crippen LogP contribution is 2.25. The first-order valence-corrected chi connectivity index (χ1v) is 5.96. The van der Waals surface area contributed by atoms with Crippen LogP contribution in [-0.4, -0.2) is 16.8 Å². The van der Waals surface area contributed by atoms with Crippen LogP contribution in [0.15, 0.2) is 42.5 Å². The Labute approximate surface area is 103 Å². The molecule has 0 heterocycles. The van der Waals surface area contributed by atoms with Crippen LogP contribution >= 0.6 is 0 Å². The van der Waals surface area contributed by atoms with Crippen molar-refractivity contribution >= 4 is 5.57 Å². The van der Waals surface area contributed by atoms with E-state index in [0.29, 0.717) is 5.57 Å². The number of phenols is 1. The van der Waals surface area contributed by atoms with Crippen molar-refractivity contribution in [1.29, 1.82) is 0 Å². The summed E-state index contributed by atoms with van der Waals surface area (Å²) in [5, 5.41) is 18.5. The molecular weight excluding hydrogens is 212 g/mol. The maximum atomic E-state index is 9.48. The molecule has 0 radical (unpaired) electrons. The highest BCUT2D eigenvalue weighted by atomic mass is 16.3. The zero-order valence-corrected chi connectivity index (χ0v) is 10.3. The Morgan fingerprint density at radius 1 is 1.41 bits per heavy atom. The third-order valence-corrected chi connectivity index (χ3v) is 2.60. The lowest BCUT2D eigenvalue weighted by molar-refractivity contribution is 0.335. The Morgan fingerprint density at radius 3 is 2.76 bits per heavy atom. The summed E-state index contributed by atoms with van der Waals surface area (Å²) < 4.78 is 0. The number of unbranched alkanes of at least 4 members (excludes halogenated alkanes) is 1. The summed E-state index contributed by atoms with van der Waals surface area (Å²) in [6.45, 7) is 5.89. The van der Waals surface area contributed by atoms with Gasteiger partial charge in [-0.2, -0.15) is 0 Å². The Morgan fingerprint density at radius 2 is 2.18 bits per heavy atom. The molecule has 17 heavy (non-hydrogen) atoms. The molecule has 1 aromatic rings. The van der Waals surface area contributed by atoms with Gasteiger partial charge in [0.15, 0.2) is 0 Å². The van der Waals surface area contributed by atoms with E-state index in [4.69, 9.17) is 5.11 Å². The Balaban J connectivity index is 2.97. The minimum absolute atomic E-state index is 0.0333. The van der Waals surface area contributed by atoms with Crippen LogP contribution in [0.4, 0.5) is 0 Å². The average molecular weight is 232 g/mol. The van der Waals surface area contributed by atoms with Crippen molar-refractivity contribution in [3.05, 3.63) is 48.1 Å². The highest BCUT2D eigenvalue weighted by molar-refractivity contribution is 5.69. The van der Waals surface area contributed by atoms with E-state index >= 15 is 0 Å². The van der Waals surface area contributed by atoms with Crippen LogP contribution in [0.5, 0.6) is 5.75 Å². The monoisotopic (exact) mass is 232 g/mol. The molecule has 0 amide bonds. The SMILES string of the molecule is C=C(/C=C(\CCCC)c1cccc(O)c1)CO. The number of aliphatic hydroxyl groups excluding tert-OH is 1. The molecule has 2 nitrogen and oxygen atoms in total. The van der Waals surface area contributed by atoms with E-state index in [2.05, 4.69) is 13.5 Å². The van der Waals surface area contributed by atoms with Crippen LogP contribution < -0.4 is 0 Å². The standard InChI is InChI=1S/C15H20O2/c1-3-4-6-13(9-12(2)11-16)14-7-5-8-15(17)10-14/h5,7-10,16-17H,2-4,6,11H2,1H3/b13-9+. The Bertz CT molecular complexity index is 405. The van der Waals surface area contributed by atoms with Gasteiger partial charge >= 0.3 is 0 Å². The quantitative estimate of drug-likeness (QED) is 0.737. The zero-order chi connectivity index (χ0) is 12.7. The predicted octanol–water partition coefficient (Wildman–Crippen LogP) is 3.51. The molecule has 0 aromatic heterocycles. The smallest absolute Gasteiger partial charge is 0.116 e. The molecule has 0 aliphatic rings. The topological polar surface area (TPSA) is 40.5 Å². The van der Waals surface area contributed by atoms with Gasteiger partial charge in [0.25, 0.3) is 0 Å². The molecular formula is C15H20O2. The zero-order valence-electron chi connectivity index (χ0n) is 10.3. The summed E-state index contributed by atoms with van der Waals surface area (Å²) in [5.41, 5.74) is 2.80. The number of rotatable bonds is 6. The molecule has 0 aliphatic heterocycles. The van der Waals surface area contributed by atoms with Crippen molar-refractivity contribution in [1.82, 2.24) is 0 Å². The third-order valence-electron chi connectivity index (χ3n) is 2.60. The van der Waals surface area contributed by atoms with E-state index in [1.54, 1.807) is 12.1 Å². The molecule has 92 valence electrons. The summed E-state index contributed by atoms with van der Waals surface area (Å²) in [6.07, 6.45) is 5.03. The van der Waals surface area contributed by atoms with E-state index in [-0.39, 0.29) is 12.4 Å². The van der Waals surface area contributed by atoms with Crippen molar-refractivity contribution in [2.75, 3.05) is 6.61 Å². The van der Waals surface area contributed by atoms with Crippen LogP contribution in [0.2, 0.25) is 0 Å². The number of allylic oxidation sites excluding steroid dienone is 1. The fourth-order valence-corrected chi connectivity index (χ4v) is 1.66. The fourth-order valence-electron chi connectivity index (χ4n) is 1.66. The Kier molecular flexibility index (Phi) is 5.50. The normalized spacial score (nSPS) is 11.5. The first-order chi connectivity index (χ1) is 8.17. The van der Waals surface area contributed by atoms with Crippen molar-refractivity contribution in [3.63, 3.8) is 0 Å². The van der Waals surface area contributed by atoms with Gasteiger partial charge < -0.3 is 10.2 Å². The van der Waals surface area contributed by atoms with Gasteiger partial charge in [0.05, 0.1) is 6.61 Å². The van der Waals surface area contributed by atoms with Crippen molar-refractivity contribution in [2.24, 2.45) is 0 Å². The number of aromatic hydroxyl groups is 1. The Hall–Kier alpha value is -1.54. The van der Waals surface area contributed by atoms with Crippen molar-refractivity contribution < 1.29 is 10.2 Å². The van der Waals surface area contributed by atoms with Crippen LogP contribution in [0, 0.1) is 0 Å². The van der Waals surface area contributed by atoms with Gasteiger partial charge in [0.2, 0.25) is 0 Å². The van der Waals surface area contributed by atoms with Gasteiger partial charge in [0, 0.05) is 0 Å². The van der Waals surface area contributed by atoms with E-state index in [0.717, 1.165) is 30.4 Å². The molecule has 1 rings (SSSR count). The van der Waals surface area contributed by atoms with Gasteiger partial charge in [-0.25, -0.2) is 0 Å². The first kappa shape index (κ1) is 13.5. The van der Waals surface area contributed by atoms with Gasteiger partial charge in [-0.3, -0.25) is 0 Å². The van der Waals surface area contributed by atoms with Gasteiger partial charge in [0.1, 0.15) is 5.75 Å². The van der Waals surface area contributed by atoms with Crippen LogP contribution in [-0.2, 0) is 0 Å². The van der Waals surface area contributed by atoms with Crippen molar-refractivity contribution in [2.45, 2.75) is 26.2 Å². The van der Waals surface area contributed by atoms with Crippen LogP contribution in [0.25, 0.3) is 5.57 Å². The van der Waals surface area contributed by atoms with Crippen molar-refractivity contribution in [3.8, 4) is 5.75 Å². The lowest BCUT2D eigenvalue weighted by Crippen LogP contribution is -1.90. The van der Waals surface area contributed by atoms with Crippen LogP contribution in [0.1, 0.15) is 31.7 Å². The summed E-state index contributed by atoms with van der Waals surface area (Å²) in [7, 11) is 0. The maximum Gasteiger partial charge on any atom is 0.116 e. The molecule has 0 spiro atoms. The average Bonchev–Trinajstić information content (AvgIpc) is 2.34. The van der Waals surface area contributed by atoms with Gasteiger partial charge in [-0.05, 0) is 41.7 Å². The number of benzene rings is 1. The third kappa shape index (κ3) is 4.45. The van der Waals surface area contributed by atoms with Gasteiger partial charge in [-0.1, -0.05) is 38.1 Å². The molecule has 1 aromatic carbocycles. The van der Waals surface area contributed by atoms with E-state index < -0.39 is 0 Å². The second-order valence-corrected chi connectivity index (χ2v) is 4.14. The minimum atomic E-state index is -0.0333. The van der Waals surface area contributed by atoms with E-state index in [1.165, 1.54) is 0 Å². The maximum absolute atomic E-state index is 9.48. The highest BCUT2D eigenvalue weighted by Gasteiger charge is 2.03. The predicted molar refractivity (Wildman–Crippen MR) is 71.8 cm³/mol. The summed E-state index contributed by atoms with van der Waals surface area (Å²) >= 11 is 0. The lowest BCUT2D eigenvalue weighted by atomic mass is 9.98. The molecule has 0 bridgehead atoms. The minimum Gasteiger partial charge on any atom is -0.508 e. The van der Waals surface area contributed by atoms with Gasteiger partial charge in [-0.15, -0.1) is 0 Å². The molecule has 0 atom stereocenters. The summed E-state index contributed by atoms with van der Waals surface area (Å²) in [5.74, 6) is 0.263. The molecule has 0 saturated carbocycles. The largest absolute Gasteiger partial charge is 0.508 e. The van der Waals surface area contributed by atoms with Crippen LogP contribution in [0.3, 0.4) is 0 Å². The molecule has 0 unspecified atom stereocenters. The number of aliphatic hydroxyl groups is 1. The molecule has 0 saturated heterocycles. The number of hydrogen-bond donors (Lipinski definition) is 2. The first-order valence-electron chi connectivity index (χ1n) is 5.96. The molecule has 0 aliphatic carbocycles. The summed E-state index contributed by atoms with van der Waals surface area (Å²) in [6, 6.07) is 7.19. The molecule has 0 fully saturated rings. The number of phenolic OH excluding ortho intramolecular Hbond substituents is 1. The second-order valence-electron chi connectivity index (χ2n) is 4.14. The number of hydrogen-bond acceptors (Lipinski definition) is 2. The fraction of sp³-hybridized carbons (Fsp3) is 0.333. The van der Waals surface area contributed by atoms with E-state index in [1.807, 2.05) is 18.2 Å². The molecule has 2 N–H and O–H groups in total. The summed E-state index contributed by atoms with van der Waals surface area (Å²) in [4.78, 5) is 0.